The topological polar surface area (TPSA) is 18.5 Å². The fraction of sp³-hybridized carbons (Fsp3) is 0.222. The number of halogens is 1. The summed E-state index contributed by atoms with van der Waals surface area (Å²) in [7, 11) is 1.65. The standard InChI is InChI=1S/C18H17BrO2/c1-3-13-21-18(15-9-11-16(20-2)12-10-15)17(19)14-7-5-4-6-8-14/h1,4-12,17-18H,13H2,2H3/t17-,18-/m0/s1. The molecule has 0 aliphatic carbocycles. The second-order valence-corrected chi connectivity index (χ2v) is 5.51. The Morgan fingerprint density at radius 1 is 1.05 bits per heavy atom. The van der Waals surface area contributed by atoms with Crippen molar-refractivity contribution in [1.29, 1.82) is 0 Å². The molecule has 0 N–H and O–H groups in total. The van der Waals surface area contributed by atoms with Crippen molar-refractivity contribution in [3.8, 4) is 18.1 Å². The van der Waals surface area contributed by atoms with Crippen molar-refractivity contribution in [2.75, 3.05) is 13.7 Å². The zero-order valence-corrected chi connectivity index (χ0v) is 13.4. The molecule has 2 atom stereocenters. The number of terminal acetylenes is 1. The molecule has 0 unspecified atom stereocenters. The molecule has 2 rings (SSSR count). The molecular formula is C18H17BrO2. The predicted octanol–water partition coefficient (Wildman–Crippen LogP) is 4.52. The summed E-state index contributed by atoms with van der Waals surface area (Å²) < 4.78 is 11.0. The first kappa shape index (κ1) is 15.6. The minimum atomic E-state index is -0.158. The van der Waals surface area contributed by atoms with E-state index < -0.39 is 0 Å². The molecule has 2 aromatic carbocycles. The van der Waals surface area contributed by atoms with Crippen molar-refractivity contribution in [3.05, 3.63) is 65.7 Å². The van der Waals surface area contributed by atoms with Crippen LogP contribution in [0.25, 0.3) is 0 Å². The second kappa shape index (κ2) is 7.87. The van der Waals surface area contributed by atoms with Gasteiger partial charge >= 0.3 is 0 Å². The summed E-state index contributed by atoms with van der Waals surface area (Å²) in [5.41, 5.74) is 2.20. The number of ether oxygens (including phenoxy) is 2. The highest BCUT2D eigenvalue weighted by Gasteiger charge is 2.23. The monoisotopic (exact) mass is 344 g/mol. The smallest absolute Gasteiger partial charge is 0.118 e. The van der Waals surface area contributed by atoms with Crippen LogP contribution in [0.15, 0.2) is 54.6 Å². The van der Waals surface area contributed by atoms with E-state index in [0.29, 0.717) is 0 Å². The van der Waals surface area contributed by atoms with Crippen LogP contribution in [-0.4, -0.2) is 13.7 Å². The molecule has 0 fully saturated rings. The molecule has 0 bridgehead atoms. The summed E-state index contributed by atoms with van der Waals surface area (Å²) in [5.74, 6) is 3.35. The molecule has 3 heteroatoms. The van der Waals surface area contributed by atoms with E-state index in [2.05, 4.69) is 34.0 Å². The maximum Gasteiger partial charge on any atom is 0.118 e. The van der Waals surface area contributed by atoms with Gasteiger partial charge in [-0.05, 0) is 23.3 Å². The maximum absolute atomic E-state index is 5.84. The molecule has 0 heterocycles. The van der Waals surface area contributed by atoms with Crippen LogP contribution in [0.4, 0.5) is 0 Å². The van der Waals surface area contributed by atoms with E-state index in [1.165, 1.54) is 0 Å². The molecule has 0 aromatic heterocycles. The summed E-state index contributed by atoms with van der Waals surface area (Å²) >= 11 is 3.73. The summed E-state index contributed by atoms with van der Waals surface area (Å²) in [5, 5.41) is 0. The Morgan fingerprint density at radius 2 is 1.71 bits per heavy atom. The van der Waals surface area contributed by atoms with Gasteiger partial charge in [-0.25, -0.2) is 0 Å². The van der Waals surface area contributed by atoms with Crippen LogP contribution < -0.4 is 4.74 Å². The third kappa shape index (κ3) is 4.10. The second-order valence-electron chi connectivity index (χ2n) is 4.52. The van der Waals surface area contributed by atoms with Gasteiger partial charge in [0.05, 0.1) is 11.9 Å². The molecule has 21 heavy (non-hydrogen) atoms. The van der Waals surface area contributed by atoms with E-state index in [1.807, 2.05) is 42.5 Å². The van der Waals surface area contributed by atoms with Gasteiger partial charge in [0.2, 0.25) is 0 Å². The number of hydrogen-bond donors (Lipinski definition) is 0. The first-order valence-electron chi connectivity index (χ1n) is 6.64. The van der Waals surface area contributed by atoms with Gasteiger partial charge in [0.15, 0.2) is 0 Å². The van der Waals surface area contributed by atoms with Crippen molar-refractivity contribution < 1.29 is 9.47 Å². The van der Waals surface area contributed by atoms with E-state index in [-0.39, 0.29) is 17.5 Å². The molecule has 0 amide bonds. The molecule has 0 saturated heterocycles. The quantitative estimate of drug-likeness (QED) is 0.566. The first-order valence-corrected chi connectivity index (χ1v) is 7.56. The lowest BCUT2D eigenvalue weighted by molar-refractivity contribution is 0.0772. The van der Waals surface area contributed by atoms with E-state index in [1.54, 1.807) is 7.11 Å². The fourth-order valence-corrected chi connectivity index (χ4v) is 2.86. The Kier molecular flexibility index (Phi) is 5.86. The molecule has 0 saturated carbocycles. The van der Waals surface area contributed by atoms with E-state index in [0.717, 1.165) is 16.9 Å². The molecule has 0 aliphatic rings. The fourth-order valence-electron chi connectivity index (χ4n) is 2.09. The van der Waals surface area contributed by atoms with Crippen LogP contribution in [0, 0.1) is 12.3 Å². The SMILES string of the molecule is C#CCO[C@@H](c1ccc(OC)cc1)[C@@H](Br)c1ccccc1. The van der Waals surface area contributed by atoms with Crippen molar-refractivity contribution in [3.63, 3.8) is 0 Å². The Morgan fingerprint density at radius 3 is 2.29 bits per heavy atom. The third-order valence-electron chi connectivity index (χ3n) is 3.17. The molecule has 0 radical (unpaired) electrons. The van der Waals surface area contributed by atoms with E-state index in [4.69, 9.17) is 15.9 Å². The van der Waals surface area contributed by atoms with Gasteiger partial charge < -0.3 is 9.47 Å². The Balaban J connectivity index is 2.26. The maximum atomic E-state index is 5.84. The summed E-state index contributed by atoms with van der Waals surface area (Å²) in [6.45, 7) is 0.269. The molecule has 2 aromatic rings. The van der Waals surface area contributed by atoms with Crippen molar-refractivity contribution in [2.45, 2.75) is 10.9 Å². The predicted molar refractivity (Wildman–Crippen MR) is 88.6 cm³/mol. The number of rotatable bonds is 6. The van der Waals surface area contributed by atoms with Crippen LogP contribution in [0.3, 0.4) is 0 Å². The summed E-state index contributed by atoms with van der Waals surface area (Å²) in [4.78, 5) is 0.0282. The molecule has 2 nitrogen and oxygen atoms in total. The lowest BCUT2D eigenvalue weighted by atomic mass is 10.0. The highest BCUT2D eigenvalue weighted by molar-refractivity contribution is 9.09. The zero-order chi connectivity index (χ0) is 15.1. The van der Waals surface area contributed by atoms with Crippen molar-refractivity contribution in [1.82, 2.24) is 0 Å². The van der Waals surface area contributed by atoms with Gasteiger partial charge in [0, 0.05) is 0 Å². The zero-order valence-electron chi connectivity index (χ0n) is 11.8. The average Bonchev–Trinajstić information content (AvgIpc) is 2.56. The molecule has 0 aliphatic heterocycles. The minimum Gasteiger partial charge on any atom is -0.497 e. The van der Waals surface area contributed by atoms with Gasteiger partial charge in [-0.2, -0.15) is 0 Å². The number of benzene rings is 2. The lowest BCUT2D eigenvalue weighted by Crippen LogP contribution is -2.11. The molecule has 108 valence electrons. The normalized spacial score (nSPS) is 13.2. The van der Waals surface area contributed by atoms with Crippen molar-refractivity contribution in [2.24, 2.45) is 0 Å². The molecular weight excluding hydrogens is 328 g/mol. The van der Waals surface area contributed by atoms with Crippen LogP contribution in [0.1, 0.15) is 22.1 Å². The van der Waals surface area contributed by atoms with Crippen LogP contribution in [0.2, 0.25) is 0 Å². The number of alkyl halides is 1. The third-order valence-corrected chi connectivity index (χ3v) is 4.18. The highest BCUT2D eigenvalue weighted by Crippen LogP contribution is 2.39. The average molecular weight is 345 g/mol. The van der Waals surface area contributed by atoms with Gasteiger partial charge in [-0.15, -0.1) is 6.42 Å². The van der Waals surface area contributed by atoms with Gasteiger partial charge in [0.25, 0.3) is 0 Å². The largest absolute Gasteiger partial charge is 0.497 e. The summed E-state index contributed by atoms with van der Waals surface area (Å²) in [6.07, 6.45) is 5.17. The Hall–Kier alpha value is -1.76. The van der Waals surface area contributed by atoms with Gasteiger partial charge in [-0.3, -0.25) is 0 Å². The Bertz CT molecular complexity index is 587. The first-order chi connectivity index (χ1) is 10.3. The Labute approximate surface area is 134 Å². The lowest BCUT2D eigenvalue weighted by Gasteiger charge is -2.23. The van der Waals surface area contributed by atoms with Crippen LogP contribution in [0.5, 0.6) is 5.75 Å². The molecule has 0 spiro atoms. The van der Waals surface area contributed by atoms with Gasteiger partial charge in [0.1, 0.15) is 18.5 Å². The number of methoxy groups -OCH3 is 1. The van der Waals surface area contributed by atoms with E-state index in [9.17, 15) is 0 Å². The minimum absolute atomic E-state index is 0.0282. The highest BCUT2D eigenvalue weighted by atomic mass is 79.9. The van der Waals surface area contributed by atoms with E-state index >= 15 is 0 Å². The van der Waals surface area contributed by atoms with Crippen molar-refractivity contribution >= 4 is 15.9 Å². The van der Waals surface area contributed by atoms with Gasteiger partial charge in [-0.1, -0.05) is 64.3 Å². The number of hydrogen-bond acceptors (Lipinski definition) is 2. The van der Waals surface area contributed by atoms with Crippen LogP contribution in [-0.2, 0) is 4.74 Å². The summed E-state index contributed by atoms with van der Waals surface area (Å²) in [6, 6.07) is 18.0. The van der Waals surface area contributed by atoms with Crippen LogP contribution >= 0.6 is 15.9 Å².